The third kappa shape index (κ3) is 2.01. The Hall–Kier alpha value is -1.51. The van der Waals surface area contributed by atoms with E-state index in [2.05, 4.69) is 24.0 Å². The zero-order chi connectivity index (χ0) is 13.4. The van der Waals surface area contributed by atoms with Gasteiger partial charge in [0.05, 0.1) is 27.6 Å². The Kier molecular flexibility index (Phi) is 3.21. The average molecular weight is 291 g/mol. The van der Waals surface area contributed by atoms with E-state index in [-0.39, 0.29) is 0 Å². The molecule has 0 spiro atoms. The van der Waals surface area contributed by atoms with E-state index in [1.165, 1.54) is 0 Å². The minimum Gasteiger partial charge on any atom is -0.294 e. The molecule has 0 saturated heterocycles. The Labute approximate surface area is 121 Å². The van der Waals surface area contributed by atoms with Crippen molar-refractivity contribution in [2.45, 2.75) is 12.8 Å². The topological polar surface area (TPSA) is 17.8 Å². The average Bonchev–Trinajstić information content (AvgIpc) is 2.79. The molecule has 2 aromatic carbocycles. The molecule has 96 valence electrons. The van der Waals surface area contributed by atoms with Crippen LogP contribution in [-0.2, 0) is 5.88 Å². The second-order valence-electron chi connectivity index (χ2n) is 4.39. The maximum atomic E-state index is 6.33. The van der Waals surface area contributed by atoms with E-state index in [1.54, 1.807) is 0 Å². The number of fused-ring (bicyclic) bond motifs is 1. The molecule has 0 aliphatic heterocycles. The quantitative estimate of drug-likeness (QED) is 0.624. The summed E-state index contributed by atoms with van der Waals surface area (Å²) in [5, 5.41) is 0.685. The number of hydrogen-bond acceptors (Lipinski definition) is 1. The fraction of sp³-hybridized carbons (Fsp3) is 0.133. The van der Waals surface area contributed by atoms with Crippen LogP contribution in [0.2, 0.25) is 5.02 Å². The molecular weight excluding hydrogens is 279 g/mol. The van der Waals surface area contributed by atoms with E-state index in [9.17, 15) is 0 Å². The Balaban J connectivity index is 2.42. The Morgan fingerprint density at radius 2 is 1.89 bits per heavy atom. The van der Waals surface area contributed by atoms with Crippen LogP contribution in [0.5, 0.6) is 0 Å². The van der Waals surface area contributed by atoms with Crippen LogP contribution in [0, 0.1) is 6.92 Å². The maximum Gasteiger partial charge on any atom is 0.129 e. The van der Waals surface area contributed by atoms with Crippen LogP contribution in [0.25, 0.3) is 16.7 Å². The molecule has 19 heavy (non-hydrogen) atoms. The number of imidazole rings is 1. The van der Waals surface area contributed by atoms with Crippen molar-refractivity contribution >= 4 is 34.2 Å². The van der Waals surface area contributed by atoms with Crippen LogP contribution in [0.15, 0.2) is 42.5 Å². The number of halogens is 2. The first-order chi connectivity index (χ1) is 9.22. The summed E-state index contributed by atoms with van der Waals surface area (Å²) in [6.07, 6.45) is 0. The Morgan fingerprint density at radius 3 is 2.63 bits per heavy atom. The maximum absolute atomic E-state index is 6.33. The van der Waals surface area contributed by atoms with E-state index >= 15 is 0 Å². The van der Waals surface area contributed by atoms with E-state index in [1.807, 2.05) is 34.9 Å². The molecule has 1 heterocycles. The summed E-state index contributed by atoms with van der Waals surface area (Å²) in [6, 6.07) is 13.9. The second kappa shape index (κ2) is 4.87. The molecule has 4 heteroatoms. The molecule has 0 unspecified atom stereocenters. The van der Waals surface area contributed by atoms with Gasteiger partial charge in [0.1, 0.15) is 5.82 Å². The summed E-state index contributed by atoms with van der Waals surface area (Å²) < 4.78 is 2.04. The zero-order valence-electron chi connectivity index (χ0n) is 10.4. The van der Waals surface area contributed by atoms with Crippen LogP contribution < -0.4 is 0 Å². The van der Waals surface area contributed by atoms with Crippen LogP contribution in [0.3, 0.4) is 0 Å². The van der Waals surface area contributed by atoms with E-state index in [0.717, 1.165) is 28.1 Å². The van der Waals surface area contributed by atoms with Gasteiger partial charge in [0.2, 0.25) is 0 Å². The molecule has 0 atom stereocenters. The lowest BCUT2D eigenvalue weighted by atomic mass is 10.2. The van der Waals surface area contributed by atoms with Gasteiger partial charge in [0.15, 0.2) is 0 Å². The molecule has 0 N–H and O–H groups in total. The van der Waals surface area contributed by atoms with Crippen molar-refractivity contribution < 1.29 is 0 Å². The smallest absolute Gasteiger partial charge is 0.129 e. The molecule has 3 aromatic rings. The van der Waals surface area contributed by atoms with Gasteiger partial charge in [-0.3, -0.25) is 4.57 Å². The number of rotatable bonds is 2. The predicted octanol–water partition coefficient (Wildman–Crippen LogP) is 4.73. The molecule has 3 rings (SSSR count). The third-order valence-corrected chi connectivity index (χ3v) is 3.72. The molecule has 0 bridgehead atoms. The number of aromatic nitrogens is 2. The SMILES string of the molecule is Cc1ccccc1-n1c(CCl)nc2cccc(Cl)c21. The van der Waals surface area contributed by atoms with Crippen LogP contribution >= 0.6 is 23.2 Å². The van der Waals surface area contributed by atoms with Crippen molar-refractivity contribution in [3.63, 3.8) is 0 Å². The fourth-order valence-corrected chi connectivity index (χ4v) is 2.73. The summed E-state index contributed by atoms with van der Waals surface area (Å²) in [5.41, 5.74) is 4.00. The molecule has 1 aromatic heterocycles. The number of nitrogens with zero attached hydrogens (tertiary/aromatic N) is 2. The van der Waals surface area contributed by atoms with Crippen molar-refractivity contribution in [3.05, 3.63) is 58.9 Å². The van der Waals surface area contributed by atoms with Crippen molar-refractivity contribution in [3.8, 4) is 5.69 Å². The molecule has 0 fully saturated rings. The molecule has 0 saturated carbocycles. The van der Waals surface area contributed by atoms with Crippen LogP contribution in [0.1, 0.15) is 11.4 Å². The number of para-hydroxylation sites is 2. The largest absolute Gasteiger partial charge is 0.294 e. The lowest BCUT2D eigenvalue weighted by Crippen LogP contribution is -2.01. The number of benzene rings is 2. The van der Waals surface area contributed by atoms with Gasteiger partial charge in [-0.25, -0.2) is 4.98 Å². The first kappa shape index (κ1) is 12.5. The third-order valence-electron chi connectivity index (χ3n) is 3.17. The summed E-state index contributed by atoms with van der Waals surface area (Å²) >= 11 is 12.4. The zero-order valence-corrected chi connectivity index (χ0v) is 11.9. The fourth-order valence-electron chi connectivity index (χ4n) is 2.30. The summed E-state index contributed by atoms with van der Waals surface area (Å²) in [5.74, 6) is 1.15. The standard InChI is InChI=1S/C15H12Cl2N2/c1-10-5-2-3-8-13(10)19-14(9-16)18-12-7-4-6-11(17)15(12)19/h2-8H,9H2,1H3. The highest BCUT2D eigenvalue weighted by Crippen LogP contribution is 2.29. The Bertz CT molecular complexity index is 747. The van der Waals surface area contributed by atoms with E-state index in [4.69, 9.17) is 23.2 Å². The molecule has 0 amide bonds. The van der Waals surface area contributed by atoms with Gasteiger partial charge in [-0.15, -0.1) is 11.6 Å². The lowest BCUT2D eigenvalue weighted by Gasteiger charge is -2.11. The van der Waals surface area contributed by atoms with Crippen LogP contribution in [0.4, 0.5) is 0 Å². The predicted molar refractivity (Wildman–Crippen MR) is 80.4 cm³/mol. The van der Waals surface area contributed by atoms with Gasteiger partial charge < -0.3 is 0 Å². The van der Waals surface area contributed by atoms with Gasteiger partial charge in [0.25, 0.3) is 0 Å². The summed E-state index contributed by atoms with van der Waals surface area (Å²) in [7, 11) is 0. The summed E-state index contributed by atoms with van der Waals surface area (Å²) in [6.45, 7) is 2.07. The second-order valence-corrected chi connectivity index (χ2v) is 5.07. The number of alkyl halides is 1. The minimum atomic E-state index is 0.347. The van der Waals surface area contributed by atoms with Gasteiger partial charge in [0, 0.05) is 0 Å². The molecular formula is C15H12Cl2N2. The van der Waals surface area contributed by atoms with Gasteiger partial charge in [-0.1, -0.05) is 35.9 Å². The highest BCUT2D eigenvalue weighted by Gasteiger charge is 2.15. The molecule has 0 aliphatic rings. The molecule has 2 nitrogen and oxygen atoms in total. The van der Waals surface area contributed by atoms with Gasteiger partial charge in [-0.2, -0.15) is 0 Å². The normalized spacial score (nSPS) is 11.1. The highest BCUT2D eigenvalue weighted by molar-refractivity contribution is 6.35. The van der Waals surface area contributed by atoms with E-state index < -0.39 is 0 Å². The van der Waals surface area contributed by atoms with E-state index in [0.29, 0.717) is 10.9 Å². The molecule has 0 aliphatic carbocycles. The van der Waals surface area contributed by atoms with Crippen molar-refractivity contribution in [2.75, 3.05) is 0 Å². The summed E-state index contributed by atoms with van der Waals surface area (Å²) in [4.78, 5) is 4.56. The lowest BCUT2D eigenvalue weighted by molar-refractivity contribution is 0.972. The number of hydrogen-bond donors (Lipinski definition) is 0. The first-order valence-electron chi connectivity index (χ1n) is 6.00. The Morgan fingerprint density at radius 1 is 1.11 bits per heavy atom. The van der Waals surface area contributed by atoms with Crippen molar-refractivity contribution in [1.29, 1.82) is 0 Å². The van der Waals surface area contributed by atoms with Crippen molar-refractivity contribution in [2.24, 2.45) is 0 Å². The van der Waals surface area contributed by atoms with Crippen LogP contribution in [-0.4, -0.2) is 9.55 Å². The number of aryl methyl sites for hydroxylation is 1. The molecule has 0 radical (unpaired) electrons. The van der Waals surface area contributed by atoms with Gasteiger partial charge in [-0.05, 0) is 30.7 Å². The van der Waals surface area contributed by atoms with Crippen molar-refractivity contribution in [1.82, 2.24) is 9.55 Å². The monoisotopic (exact) mass is 290 g/mol. The highest BCUT2D eigenvalue weighted by atomic mass is 35.5. The van der Waals surface area contributed by atoms with Gasteiger partial charge >= 0.3 is 0 Å². The minimum absolute atomic E-state index is 0.347. The first-order valence-corrected chi connectivity index (χ1v) is 6.91.